The van der Waals surface area contributed by atoms with Crippen LogP contribution in [-0.2, 0) is 0 Å². The van der Waals surface area contributed by atoms with Gasteiger partial charge in [-0.1, -0.05) is 11.2 Å². The molecule has 1 aromatic rings. The minimum atomic E-state index is -0.353. The largest absolute Gasteiger partial charge is 0.409 e. The molecular weight excluding hydrogens is 258 g/mol. The van der Waals surface area contributed by atoms with Crippen molar-refractivity contribution in [3.05, 3.63) is 23.9 Å². The van der Waals surface area contributed by atoms with Crippen LogP contribution in [0, 0.1) is 0 Å². The van der Waals surface area contributed by atoms with Crippen LogP contribution in [0.2, 0.25) is 0 Å². The summed E-state index contributed by atoms with van der Waals surface area (Å²) < 4.78 is 0. The van der Waals surface area contributed by atoms with E-state index in [1.54, 1.807) is 6.07 Å². The van der Waals surface area contributed by atoms with E-state index in [1.165, 1.54) is 0 Å². The molecule has 2 rings (SSSR count). The molecule has 20 heavy (non-hydrogen) atoms. The van der Waals surface area contributed by atoms with Crippen molar-refractivity contribution in [3.63, 3.8) is 0 Å². The highest BCUT2D eigenvalue weighted by molar-refractivity contribution is 5.95. The quantitative estimate of drug-likeness (QED) is 0.302. The van der Waals surface area contributed by atoms with Crippen LogP contribution in [0.15, 0.2) is 23.4 Å². The average Bonchev–Trinajstić information content (AvgIpc) is 2.78. The SMILES string of the molecule is CN(C)CC1CC(O)CN1c1cccc(C(N)=NO)n1. The van der Waals surface area contributed by atoms with Gasteiger partial charge >= 0.3 is 0 Å². The fourth-order valence-electron chi connectivity index (χ4n) is 2.54. The van der Waals surface area contributed by atoms with E-state index in [4.69, 9.17) is 10.9 Å². The monoisotopic (exact) mass is 279 g/mol. The zero-order chi connectivity index (χ0) is 14.7. The van der Waals surface area contributed by atoms with Gasteiger partial charge in [0.05, 0.1) is 6.10 Å². The Balaban J connectivity index is 2.25. The summed E-state index contributed by atoms with van der Waals surface area (Å²) in [4.78, 5) is 8.55. The van der Waals surface area contributed by atoms with E-state index in [0.29, 0.717) is 18.7 Å². The van der Waals surface area contributed by atoms with Gasteiger partial charge in [0.1, 0.15) is 11.5 Å². The molecule has 0 aliphatic carbocycles. The lowest BCUT2D eigenvalue weighted by molar-refractivity contribution is 0.191. The number of aliphatic hydroxyl groups is 1. The number of aromatic nitrogens is 1. The Morgan fingerprint density at radius 2 is 2.30 bits per heavy atom. The molecule has 0 saturated carbocycles. The predicted molar refractivity (Wildman–Crippen MR) is 77.1 cm³/mol. The van der Waals surface area contributed by atoms with E-state index in [1.807, 2.05) is 26.2 Å². The van der Waals surface area contributed by atoms with E-state index >= 15 is 0 Å². The minimum absolute atomic E-state index is 0.0178. The van der Waals surface area contributed by atoms with Crippen LogP contribution in [0.25, 0.3) is 0 Å². The van der Waals surface area contributed by atoms with E-state index in [9.17, 15) is 5.11 Å². The van der Waals surface area contributed by atoms with E-state index in [-0.39, 0.29) is 18.0 Å². The van der Waals surface area contributed by atoms with Crippen molar-refractivity contribution < 1.29 is 10.3 Å². The smallest absolute Gasteiger partial charge is 0.188 e. The highest BCUT2D eigenvalue weighted by Crippen LogP contribution is 2.24. The van der Waals surface area contributed by atoms with Crippen LogP contribution in [0.4, 0.5) is 5.82 Å². The molecule has 1 aromatic heterocycles. The number of nitrogens with zero attached hydrogens (tertiary/aromatic N) is 4. The maximum Gasteiger partial charge on any atom is 0.188 e. The number of anilines is 1. The lowest BCUT2D eigenvalue weighted by Crippen LogP contribution is -2.38. The van der Waals surface area contributed by atoms with Gasteiger partial charge in [-0.05, 0) is 32.6 Å². The summed E-state index contributed by atoms with van der Waals surface area (Å²) in [7, 11) is 4.01. The maximum atomic E-state index is 9.89. The molecule has 110 valence electrons. The number of pyridine rings is 1. The van der Waals surface area contributed by atoms with Gasteiger partial charge in [0.15, 0.2) is 5.84 Å². The Hall–Kier alpha value is -1.86. The fraction of sp³-hybridized carbons (Fsp3) is 0.538. The standard InChI is InChI=1S/C13H21N5O2/c1-17(2)7-9-6-10(19)8-18(9)12-5-3-4-11(15-12)13(14)16-20/h3-5,9-10,19-20H,6-8H2,1-2H3,(H2,14,16). The third-order valence-electron chi connectivity index (χ3n) is 3.37. The highest BCUT2D eigenvalue weighted by atomic mass is 16.4. The van der Waals surface area contributed by atoms with Crippen LogP contribution in [0.5, 0.6) is 0 Å². The summed E-state index contributed by atoms with van der Waals surface area (Å²) in [6.45, 7) is 1.39. The van der Waals surface area contributed by atoms with Gasteiger partial charge < -0.3 is 25.8 Å². The third-order valence-corrected chi connectivity index (χ3v) is 3.37. The molecule has 1 aliphatic rings. The fourth-order valence-corrected chi connectivity index (χ4v) is 2.54. The number of β-amino-alcohol motifs (C(OH)–C–C–N with tert-alkyl or cyclic N) is 1. The Morgan fingerprint density at radius 3 is 2.95 bits per heavy atom. The molecule has 1 aliphatic heterocycles. The maximum absolute atomic E-state index is 9.89. The zero-order valence-corrected chi connectivity index (χ0v) is 11.8. The summed E-state index contributed by atoms with van der Waals surface area (Å²) >= 11 is 0. The molecule has 1 saturated heterocycles. The molecule has 7 nitrogen and oxygen atoms in total. The van der Waals surface area contributed by atoms with Crippen molar-refractivity contribution in [2.75, 3.05) is 32.1 Å². The molecule has 2 heterocycles. The molecule has 4 N–H and O–H groups in total. The predicted octanol–water partition coefficient (Wildman–Crippen LogP) is -0.323. The van der Waals surface area contributed by atoms with Crippen molar-refractivity contribution in [1.82, 2.24) is 9.88 Å². The zero-order valence-electron chi connectivity index (χ0n) is 11.8. The van der Waals surface area contributed by atoms with E-state index < -0.39 is 0 Å². The minimum Gasteiger partial charge on any atom is -0.409 e. The Bertz CT molecular complexity index is 491. The first-order chi connectivity index (χ1) is 9.51. The lowest BCUT2D eigenvalue weighted by atomic mass is 10.2. The lowest BCUT2D eigenvalue weighted by Gasteiger charge is -2.27. The Labute approximate surface area is 118 Å². The van der Waals surface area contributed by atoms with Crippen LogP contribution < -0.4 is 10.6 Å². The first-order valence-electron chi connectivity index (χ1n) is 6.55. The number of hydrogen-bond donors (Lipinski definition) is 3. The van der Waals surface area contributed by atoms with Crippen LogP contribution in [0.3, 0.4) is 0 Å². The number of oxime groups is 1. The van der Waals surface area contributed by atoms with Gasteiger partial charge in [0.2, 0.25) is 0 Å². The molecule has 0 bridgehead atoms. The normalized spacial score (nSPS) is 23.6. The van der Waals surface area contributed by atoms with Gasteiger partial charge in [0, 0.05) is 19.1 Å². The van der Waals surface area contributed by atoms with Crippen molar-refractivity contribution >= 4 is 11.7 Å². The first-order valence-corrected chi connectivity index (χ1v) is 6.55. The first kappa shape index (κ1) is 14.5. The van der Waals surface area contributed by atoms with E-state index in [0.717, 1.165) is 12.4 Å². The average molecular weight is 279 g/mol. The molecule has 0 aromatic carbocycles. The van der Waals surface area contributed by atoms with Crippen LogP contribution >= 0.6 is 0 Å². The summed E-state index contributed by atoms with van der Waals surface area (Å²) in [6.07, 6.45) is 0.363. The van der Waals surface area contributed by atoms with Crippen LogP contribution in [-0.4, -0.2) is 65.4 Å². The second-order valence-electron chi connectivity index (χ2n) is 5.32. The van der Waals surface area contributed by atoms with Crippen molar-refractivity contribution in [1.29, 1.82) is 0 Å². The number of aliphatic hydroxyl groups excluding tert-OH is 1. The topological polar surface area (TPSA) is 98.2 Å². The van der Waals surface area contributed by atoms with Crippen molar-refractivity contribution in [2.45, 2.75) is 18.6 Å². The highest BCUT2D eigenvalue weighted by Gasteiger charge is 2.32. The van der Waals surface area contributed by atoms with Gasteiger partial charge in [-0.25, -0.2) is 4.98 Å². The summed E-state index contributed by atoms with van der Waals surface area (Å²) in [5.74, 6) is 0.716. The van der Waals surface area contributed by atoms with Gasteiger partial charge in [0.25, 0.3) is 0 Å². The Morgan fingerprint density at radius 1 is 1.55 bits per heavy atom. The number of rotatable bonds is 4. The second-order valence-corrected chi connectivity index (χ2v) is 5.32. The van der Waals surface area contributed by atoms with Crippen molar-refractivity contribution in [2.24, 2.45) is 10.9 Å². The van der Waals surface area contributed by atoms with Gasteiger partial charge in [-0.3, -0.25) is 0 Å². The number of hydrogen-bond acceptors (Lipinski definition) is 6. The van der Waals surface area contributed by atoms with Crippen molar-refractivity contribution in [3.8, 4) is 0 Å². The molecule has 1 fully saturated rings. The number of amidine groups is 1. The molecule has 0 amide bonds. The van der Waals surface area contributed by atoms with Gasteiger partial charge in [-0.2, -0.15) is 0 Å². The molecule has 2 unspecified atom stereocenters. The number of nitrogens with two attached hydrogens (primary N) is 1. The molecule has 0 radical (unpaired) electrons. The molecule has 2 atom stereocenters. The van der Waals surface area contributed by atoms with Crippen LogP contribution in [0.1, 0.15) is 12.1 Å². The number of likely N-dealkylation sites (N-methyl/N-ethyl adjacent to an activating group) is 1. The second kappa shape index (κ2) is 6.06. The Kier molecular flexibility index (Phi) is 4.41. The summed E-state index contributed by atoms with van der Waals surface area (Å²) in [5.41, 5.74) is 5.99. The van der Waals surface area contributed by atoms with Gasteiger partial charge in [-0.15, -0.1) is 0 Å². The van der Waals surface area contributed by atoms with E-state index in [2.05, 4.69) is 19.9 Å². The molecular formula is C13H21N5O2. The molecule has 0 spiro atoms. The molecule has 7 heteroatoms. The third kappa shape index (κ3) is 3.17. The summed E-state index contributed by atoms with van der Waals surface area (Å²) in [5, 5.41) is 21.6. The summed E-state index contributed by atoms with van der Waals surface area (Å²) in [6, 6.07) is 5.57.